The van der Waals surface area contributed by atoms with E-state index < -0.39 is 0 Å². The largest absolute Gasteiger partial charge is 0.336 e. The monoisotopic (exact) mass is 200 g/mol. The van der Waals surface area contributed by atoms with Gasteiger partial charge in [0.1, 0.15) is 0 Å². The van der Waals surface area contributed by atoms with Crippen molar-refractivity contribution in [2.24, 2.45) is 0 Å². The number of hydrogen-bond acceptors (Lipinski definition) is 2. The molecule has 0 saturated carbocycles. The maximum absolute atomic E-state index is 10.4. The van der Waals surface area contributed by atoms with Crippen LogP contribution >= 0.6 is 0 Å². The fourth-order valence-corrected chi connectivity index (χ4v) is 1.13. The van der Waals surface area contributed by atoms with Gasteiger partial charge in [-0.2, -0.15) is 0 Å². The van der Waals surface area contributed by atoms with Crippen molar-refractivity contribution in [2.45, 2.75) is 0 Å². The van der Waals surface area contributed by atoms with E-state index in [0.717, 1.165) is 26.2 Å². The van der Waals surface area contributed by atoms with E-state index in [9.17, 15) is 9.59 Å². The number of urea groups is 2. The van der Waals surface area contributed by atoms with Crippen molar-refractivity contribution in [1.29, 1.82) is 0 Å². The predicted molar refractivity (Wildman–Crippen MR) is 52.1 cm³/mol. The van der Waals surface area contributed by atoms with Crippen LogP contribution in [0.5, 0.6) is 0 Å². The van der Waals surface area contributed by atoms with Crippen molar-refractivity contribution in [3.8, 4) is 0 Å². The highest BCUT2D eigenvalue weighted by molar-refractivity contribution is 5.76. The zero-order valence-corrected chi connectivity index (χ0v) is 8.54. The van der Waals surface area contributed by atoms with Crippen molar-refractivity contribution in [1.82, 2.24) is 20.4 Å². The number of hydrogen-bond donors (Lipinski definition) is 2. The maximum Gasteiger partial charge on any atom is 0.317 e. The molecule has 4 amide bonds. The van der Waals surface area contributed by atoms with Crippen LogP contribution in [0.1, 0.15) is 0 Å². The summed E-state index contributed by atoms with van der Waals surface area (Å²) < 4.78 is 0. The van der Waals surface area contributed by atoms with Crippen LogP contribution in [0, 0.1) is 0 Å². The molecule has 2 N–H and O–H groups in total. The lowest BCUT2D eigenvalue weighted by Gasteiger charge is -2.01. The summed E-state index contributed by atoms with van der Waals surface area (Å²) in [4.78, 5) is 24.1. The third-order valence-corrected chi connectivity index (χ3v) is 2.14. The quantitative estimate of drug-likeness (QED) is 0.542. The van der Waals surface area contributed by atoms with Crippen LogP contribution < -0.4 is 10.6 Å². The van der Waals surface area contributed by atoms with Gasteiger partial charge < -0.3 is 20.4 Å². The molecule has 2 rings (SSSR count). The molecule has 6 nitrogen and oxygen atoms in total. The normalized spacial score (nSPS) is 20.1. The van der Waals surface area contributed by atoms with Crippen molar-refractivity contribution in [2.75, 3.05) is 40.3 Å². The number of likely N-dealkylation sites (N-methyl/N-ethyl adjacent to an activating group) is 2. The lowest BCUT2D eigenvalue weighted by atomic mass is 10.7. The molecule has 0 radical (unpaired) electrons. The molecular weight excluding hydrogens is 184 g/mol. The Bertz CT molecular complexity index is 207. The van der Waals surface area contributed by atoms with Gasteiger partial charge in [-0.1, -0.05) is 0 Å². The standard InChI is InChI=1S/2C4H8N2O/c2*1-6-3-2-5-4(6)7/h2*2-3H2,1H3,(H,5,7). The van der Waals surface area contributed by atoms with Crippen LogP contribution in [-0.4, -0.2) is 62.1 Å². The summed E-state index contributed by atoms with van der Waals surface area (Å²) in [7, 11) is 3.56. The number of nitrogens with one attached hydrogen (secondary N) is 2. The minimum atomic E-state index is 0.0417. The van der Waals surface area contributed by atoms with Crippen LogP contribution in [0.4, 0.5) is 9.59 Å². The Morgan fingerprint density at radius 3 is 1.36 bits per heavy atom. The van der Waals surface area contributed by atoms with Crippen molar-refractivity contribution in [3.63, 3.8) is 0 Å². The van der Waals surface area contributed by atoms with E-state index >= 15 is 0 Å². The Hall–Kier alpha value is -1.46. The molecule has 2 fully saturated rings. The van der Waals surface area contributed by atoms with E-state index in [0.29, 0.717) is 0 Å². The predicted octanol–water partition coefficient (Wildman–Crippen LogP) is -0.717. The molecule has 0 unspecified atom stereocenters. The molecule has 6 heteroatoms. The van der Waals surface area contributed by atoms with Gasteiger partial charge in [0, 0.05) is 40.3 Å². The Balaban J connectivity index is 0.000000140. The second-order valence-electron chi connectivity index (χ2n) is 3.31. The summed E-state index contributed by atoms with van der Waals surface area (Å²) in [5.41, 5.74) is 0. The number of carbonyl (C=O) groups excluding carboxylic acids is 2. The zero-order valence-electron chi connectivity index (χ0n) is 8.54. The lowest BCUT2D eigenvalue weighted by Crippen LogP contribution is -2.23. The van der Waals surface area contributed by atoms with Crippen LogP contribution in [0.2, 0.25) is 0 Å². The molecule has 2 saturated heterocycles. The molecule has 2 heterocycles. The van der Waals surface area contributed by atoms with Crippen LogP contribution in [0.3, 0.4) is 0 Å². The van der Waals surface area contributed by atoms with E-state index in [2.05, 4.69) is 10.6 Å². The molecule has 0 atom stereocenters. The Kier molecular flexibility index (Phi) is 3.55. The van der Waals surface area contributed by atoms with Gasteiger partial charge in [0.15, 0.2) is 0 Å². The molecule has 2 aliphatic heterocycles. The first kappa shape index (κ1) is 10.6. The number of carbonyl (C=O) groups is 2. The van der Waals surface area contributed by atoms with Gasteiger partial charge in [0.2, 0.25) is 0 Å². The van der Waals surface area contributed by atoms with E-state index in [4.69, 9.17) is 0 Å². The first-order valence-electron chi connectivity index (χ1n) is 4.59. The Labute approximate surface area is 83.2 Å². The van der Waals surface area contributed by atoms with E-state index in [1.165, 1.54) is 0 Å². The molecule has 2 aliphatic rings. The van der Waals surface area contributed by atoms with Crippen LogP contribution in [-0.2, 0) is 0 Å². The van der Waals surface area contributed by atoms with Gasteiger partial charge >= 0.3 is 12.1 Å². The van der Waals surface area contributed by atoms with Gasteiger partial charge in [-0.3, -0.25) is 0 Å². The second-order valence-corrected chi connectivity index (χ2v) is 3.31. The van der Waals surface area contributed by atoms with Crippen molar-refractivity contribution >= 4 is 12.1 Å². The van der Waals surface area contributed by atoms with Gasteiger partial charge in [-0.15, -0.1) is 0 Å². The highest BCUT2D eigenvalue weighted by atomic mass is 16.2. The first-order valence-corrected chi connectivity index (χ1v) is 4.59. The smallest absolute Gasteiger partial charge is 0.317 e. The third kappa shape index (κ3) is 2.79. The molecule has 0 bridgehead atoms. The summed E-state index contributed by atoms with van der Waals surface area (Å²) in [6, 6.07) is 0.0833. The number of rotatable bonds is 0. The molecule has 0 aromatic rings. The summed E-state index contributed by atoms with van der Waals surface area (Å²) in [5, 5.41) is 5.31. The lowest BCUT2D eigenvalue weighted by molar-refractivity contribution is 0.225. The Morgan fingerprint density at radius 2 is 1.29 bits per heavy atom. The van der Waals surface area contributed by atoms with E-state index in [-0.39, 0.29) is 12.1 Å². The molecule has 0 spiro atoms. The summed E-state index contributed by atoms with van der Waals surface area (Å²) in [5.74, 6) is 0. The first-order chi connectivity index (χ1) is 6.61. The van der Waals surface area contributed by atoms with E-state index in [1.54, 1.807) is 23.9 Å². The van der Waals surface area contributed by atoms with Gasteiger partial charge in [0.05, 0.1) is 0 Å². The third-order valence-electron chi connectivity index (χ3n) is 2.14. The average Bonchev–Trinajstić information content (AvgIpc) is 2.67. The summed E-state index contributed by atoms with van der Waals surface area (Å²) in [6.45, 7) is 3.29. The van der Waals surface area contributed by atoms with Crippen molar-refractivity contribution < 1.29 is 9.59 Å². The topological polar surface area (TPSA) is 64.7 Å². The molecule has 0 aliphatic carbocycles. The van der Waals surface area contributed by atoms with Gasteiger partial charge in [0.25, 0.3) is 0 Å². The minimum absolute atomic E-state index is 0.0417. The van der Waals surface area contributed by atoms with Crippen LogP contribution in [0.25, 0.3) is 0 Å². The molecular formula is C8H16N4O2. The molecule has 0 aromatic heterocycles. The fraction of sp³-hybridized carbons (Fsp3) is 0.750. The SMILES string of the molecule is CN1CCNC1=O.CN1CCNC1=O. The number of amides is 4. The maximum atomic E-state index is 10.4. The Morgan fingerprint density at radius 1 is 0.929 bits per heavy atom. The van der Waals surface area contributed by atoms with Crippen LogP contribution in [0.15, 0.2) is 0 Å². The molecule has 14 heavy (non-hydrogen) atoms. The highest BCUT2D eigenvalue weighted by Crippen LogP contribution is 1.88. The summed E-state index contributed by atoms with van der Waals surface area (Å²) >= 11 is 0. The second kappa shape index (κ2) is 4.69. The van der Waals surface area contributed by atoms with E-state index in [1.807, 2.05) is 0 Å². The number of nitrogens with zero attached hydrogens (tertiary/aromatic N) is 2. The van der Waals surface area contributed by atoms with Gasteiger partial charge in [-0.05, 0) is 0 Å². The van der Waals surface area contributed by atoms with Gasteiger partial charge in [-0.25, -0.2) is 9.59 Å². The fourth-order valence-electron chi connectivity index (χ4n) is 1.13. The van der Waals surface area contributed by atoms with Crippen molar-refractivity contribution in [3.05, 3.63) is 0 Å². The average molecular weight is 200 g/mol. The summed E-state index contributed by atoms with van der Waals surface area (Å²) in [6.07, 6.45) is 0. The zero-order chi connectivity index (χ0) is 10.6. The minimum Gasteiger partial charge on any atom is -0.336 e. The molecule has 0 aromatic carbocycles. The molecule has 80 valence electrons. The highest BCUT2D eigenvalue weighted by Gasteiger charge is 2.13.